The molecule has 0 fully saturated rings. The number of thiazole rings is 1. The fourth-order valence-corrected chi connectivity index (χ4v) is 3.24. The molecule has 0 bridgehead atoms. The van der Waals surface area contributed by atoms with Crippen LogP contribution in [0, 0.1) is 6.92 Å². The van der Waals surface area contributed by atoms with E-state index in [0.29, 0.717) is 6.54 Å². The third-order valence-electron chi connectivity index (χ3n) is 4.02. The SMILES string of the molecule is COc1ccc(C2=CCN(C(=O)C=Cc3csc(C)n3)CC2)cc1. The van der Waals surface area contributed by atoms with Crippen molar-refractivity contribution in [2.45, 2.75) is 13.3 Å². The minimum absolute atomic E-state index is 0.0330. The Morgan fingerprint density at radius 2 is 2.12 bits per heavy atom. The summed E-state index contributed by atoms with van der Waals surface area (Å²) in [7, 11) is 1.67. The molecule has 0 saturated heterocycles. The topological polar surface area (TPSA) is 42.4 Å². The van der Waals surface area contributed by atoms with Gasteiger partial charge < -0.3 is 9.64 Å². The zero-order chi connectivity index (χ0) is 16.9. The molecule has 2 heterocycles. The number of rotatable bonds is 4. The predicted octanol–water partition coefficient (Wildman–Crippen LogP) is 3.79. The van der Waals surface area contributed by atoms with Gasteiger partial charge in [-0.15, -0.1) is 11.3 Å². The largest absolute Gasteiger partial charge is 0.497 e. The second-order valence-electron chi connectivity index (χ2n) is 5.62. The van der Waals surface area contributed by atoms with Crippen molar-refractivity contribution < 1.29 is 9.53 Å². The number of carbonyl (C=O) groups is 1. The van der Waals surface area contributed by atoms with Gasteiger partial charge in [-0.3, -0.25) is 4.79 Å². The Morgan fingerprint density at radius 1 is 1.33 bits per heavy atom. The molecular formula is C19H20N2O2S. The Bertz CT molecular complexity index is 775. The maximum absolute atomic E-state index is 12.3. The minimum atomic E-state index is 0.0330. The van der Waals surface area contributed by atoms with Gasteiger partial charge in [-0.05, 0) is 42.7 Å². The van der Waals surface area contributed by atoms with E-state index in [0.717, 1.165) is 29.4 Å². The second-order valence-corrected chi connectivity index (χ2v) is 6.68. The van der Waals surface area contributed by atoms with Crippen LogP contribution in [-0.4, -0.2) is 36.0 Å². The van der Waals surface area contributed by atoms with E-state index in [1.165, 1.54) is 11.1 Å². The van der Waals surface area contributed by atoms with Crippen LogP contribution in [0.5, 0.6) is 5.75 Å². The molecule has 2 aromatic rings. The fourth-order valence-electron chi connectivity index (χ4n) is 2.66. The lowest BCUT2D eigenvalue weighted by Crippen LogP contribution is -2.33. The van der Waals surface area contributed by atoms with E-state index < -0.39 is 0 Å². The first-order valence-electron chi connectivity index (χ1n) is 7.88. The Hall–Kier alpha value is -2.40. The molecule has 124 valence electrons. The Morgan fingerprint density at radius 3 is 2.71 bits per heavy atom. The zero-order valence-corrected chi connectivity index (χ0v) is 14.7. The molecule has 0 unspecified atom stereocenters. The first-order chi connectivity index (χ1) is 11.7. The molecule has 5 heteroatoms. The quantitative estimate of drug-likeness (QED) is 0.795. The average molecular weight is 340 g/mol. The molecule has 1 aromatic carbocycles. The molecule has 1 aliphatic heterocycles. The van der Waals surface area contributed by atoms with Crippen LogP contribution in [0.25, 0.3) is 11.6 Å². The number of carbonyl (C=O) groups excluding carboxylic acids is 1. The van der Waals surface area contributed by atoms with Crippen molar-refractivity contribution >= 4 is 28.9 Å². The van der Waals surface area contributed by atoms with Crippen molar-refractivity contribution in [2.24, 2.45) is 0 Å². The number of hydrogen-bond acceptors (Lipinski definition) is 4. The van der Waals surface area contributed by atoms with Crippen LogP contribution in [-0.2, 0) is 4.79 Å². The molecule has 0 atom stereocenters. The highest BCUT2D eigenvalue weighted by atomic mass is 32.1. The minimum Gasteiger partial charge on any atom is -0.497 e. The van der Waals surface area contributed by atoms with Crippen molar-refractivity contribution in [3.8, 4) is 5.75 Å². The predicted molar refractivity (Wildman–Crippen MR) is 98.1 cm³/mol. The molecule has 1 amide bonds. The highest BCUT2D eigenvalue weighted by Gasteiger charge is 2.16. The van der Waals surface area contributed by atoms with Gasteiger partial charge in [-0.1, -0.05) is 18.2 Å². The highest BCUT2D eigenvalue weighted by Crippen LogP contribution is 2.24. The van der Waals surface area contributed by atoms with Crippen LogP contribution in [0.2, 0.25) is 0 Å². The van der Waals surface area contributed by atoms with Gasteiger partial charge >= 0.3 is 0 Å². The molecule has 0 radical (unpaired) electrons. The third kappa shape index (κ3) is 3.92. The Kier molecular flexibility index (Phi) is 5.11. The monoisotopic (exact) mass is 340 g/mol. The van der Waals surface area contributed by atoms with Gasteiger partial charge in [0, 0.05) is 24.5 Å². The van der Waals surface area contributed by atoms with Crippen LogP contribution in [0.15, 0.2) is 41.8 Å². The molecule has 0 saturated carbocycles. The summed E-state index contributed by atoms with van der Waals surface area (Å²) >= 11 is 1.59. The van der Waals surface area contributed by atoms with Crippen molar-refractivity contribution in [1.82, 2.24) is 9.88 Å². The molecule has 1 aromatic heterocycles. The van der Waals surface area contributed by atoms with Gasteiger partial charge in [-0.25, -0.2) is 4.98 Å². The van der Waals surface area contributed by atoms with Gasteiger partial charge in [0.15, 0.2) is 0 Å². The maximum atomic E-state index is 12.3. The van der Waals surface area contributed by atoms with Crippen LogP contribution in [0.1, 0.15) is 22.7 Å². The number of hydrogen-bond donors (Lipinski definition) is 0. The first kappa shape index (κ1) is 16.5. The lowest BCUT2D eigenvalue weighted by atomic mass is 9.99. The van der Waals surface area contributed by atoms with Crippen LogP contribution < -0.4 is 4.74 Å². The molecule has 3 rings (SSSR count). The van der Waals surface area contributed by atoms with Crippen LogP contribution in [0.4, 0.5) is 0 Å². The summed E-state index contributed by atoms with van der Waals surface area (Å²) in [6, 6.07) is 8.05. The average Bonchev–Trinajstić information content (AvgIpc) is 3.05. The van der Waals surface area contributed by atoms with Gasteiger partial charge in [-0.2, -0.15) is 0 Å². The highest BCUT2D eigenvalue weighted by molar-refractivity contribution is 7.09. The van der Waals surface area contributed by atoms with Crippen molar-refractivity contribution in [3.63, 3.8) is 0 Å². The maximum Gasteiger partial charge on any atom is 0.246 e. The third-order valence-corrected chi connectivity index (χ3v) is 4.81. The van der Waals surface area contributed by atoms with E-state index in [-0.39, 0.29) is 5.91 Å². The lowest BCUT2D eigenvalue weighted by Gasteiger charge is -2.25. The number of amides is 1. The first-order valence-corrected chi connectivity index (χ1v) is 8.76. The number of ether oxygens (including phenoxy) is 1. The van der Waals surface area contributed by atoms with Crippen LogP contribution >= 0.6 is 11.3 Å². The summed E-state index contributed by atoms with van der Waals surface area (Å²) in [4.78, 5) is 18.5. The van der Waals surface area contributed by atoms with Gasteiger partial charge in [0.25, 0.3) is 0 Å². The molecule has 1 aliphatic rings. The molecule has 0 spiro atoms. The summed E-state index contributed by atoms with van der Waals surface area (Å²) in [5.41, 5.74) is 3.31. The standard InChI is InChI=1S/C19H20N2O2S/c1-14-20-17(13-24-14)5-8-19(22)21-11-9-16(10-12-21)15-3-6-18(23-2)7-4-15/h3-9,13H,10-12H2,1-2H3. The van der Waals surface area contributed by atoms with E-state index in [4.69, 9.17) is 4.74 Å². The Balaban J connectivity index is 1.61. The van der Waals surface area contributed by atoms with Crippen LogP contribution in [0.3, 0.4) is 0 Å². The number of benzene rings is 1. The van der Waals surface area contributed by atoms with Crippen molar-refractivity contribution in [3.05, 3.63) is 58.1 Å². The van der Waals surface area contributed by atoms with Gasteiger partial charge in [0.2, 0.25) is 5.91 Å². The van der Waals surface area contributed by atoms with Gasteiger partial charge in [0.05, 0.1) is 17.8 Å². The van der Waals surface area contributed by atoms with E-state index in [1.807, 2.05) is 29.3 Å². The fraction of sp³-hybridized carbons (Fsp3) is 0.263. The van der Waals surface area contributed by atoms with Crippen molar-refractivity contribution in [2.75, 3.05) is 20.2 Å². The molecule has 24 heavy (non-hydrogen) atoms. The number of aromatic nitrogens is 1. The Labute approximate surface area is 146 Å². The van der Waals surface area contributed by atoms with E-state index in [2.05, 4.69) is 23.2 Å². The molecule has 0 aliphatic carbocycles. The summed E-state index contributed by atoms with van der Waals surface area (Å²) in [5.74, 6) is 0.889. The second kappa shape index (κ2) is 7.45. The number of methoxy groups -OCH3 is 1. The summed E-state index contributed by atoms with van der Waals surface area (Å²) in [5, 5.41) is 2.96. The lowest BCUT2D eigenvalue weighted by molar-refractivity contribution is -0.125. The van der Waals surface area contributed by atoms with E-state index in [1.54, 1.807) is 30.6 Å². The normalized spacial score (nSPS) is 14.8. The zero-order valence-electron chi connectivity index (χ0n) is 13.9. The summed E-state index contributed by atoms with van der Waals surface area (Å²) in [6.45, 7) is 3.33. The number of nitrogens with zero attached hydrogens (tertiary/aromatic N) is 2. The number of aryl methyl sites for hydroxylation is 1. The molecule has 0 N–H and O–H groups in total. The smallest absolute Gasteiger partial charge is 0.246 e. The molecular weight excluding hydrogens is 320 g/mol. The van der Waals surface area contributed by atoms with E-state index >= 15 is 0 Å². The summed E-state index contributed by atoms with van der Waals surface area (Å²) in [6.07, 6.45) is 6.39. The molecule has 4 nitrogen and oxygen atoms in total. The van der Waals surface area contributed by atoms with E-state index in [9.17, 15) is 4.79 Å². The summed E-state index contributed by atoms with van der Waals surface area (Å²) < 4.78 is 5.19. The van der Waals surface area contributed by atoms with Crippen molar-refractivity contribution in [1.29, 1.82) is 0 Å². The van der Waals surface area contributed by atoms with Gasteiger partial charge in [0.1, 0.15) is 5.75 Å².